The fraction of sp³-hybridized carbons (Fsp3) is 0.154. The molecule has 0 fully saturated rings. The summed E-state index contributed by atoms with van der Waals surface area (Å²) in [6.07, 6.45) is 0. The Morgan fingerprint density at radius 1 is 1.42 bits per heavy atom. The molecule has 4 nitrogen and oxygen atoms in total. The molecular formula is C13H12BrNO3S. The Hall–Kier alpha value is -1.53. The van der Waals surface area contributed by atoms with E-state index in [1.54, 1.807) is 18.6 Å². The van der Waals surface area contributed by atoms with Gasteiger partial charge in [0.05, 0.1) is 12.8 Å². The van der Waals surface area contributed by atoms with Crippen molar-refractivity contribution in [2.24, 2.45) is 0 Å². The first-order valence-corrected chi connectivity index (χ1v) is 7.11. The van der Waals surface area contributed by atoms with Crippen molar-refractivity contribution >= 4 is 38.9 Å². The van der Waals surface area contributed by atoms with Gasteiger partial charge >= 0.3 is 5.97 Å². The number of anilines is 1. The van der Waals surface area contributed by atoms with Crippen LogP contribution in [0.5, 0.6) is 5.75 Å². The standard InChI is InChI=1S/C13H12BrNO3S/c1-17-11-3-2-9(14)6-8(11)7-18-13(16)12-10(15)4-5-19-12/h2-6H,7,15H2,1H3. The Labute approximate surface area is 123 Å². The van der Waals surface area contributed by atoms with Crippen molar-refractivity contribution in [3.05, 3.63) is 44.6 Å². The number of nitrogens with two attached hydrogens (primary N) is 1. The molecule has 0 unspecified atom stereocenters. The van der Waals surface area contributed by atoms with E-state index >= 15 is 0 Å². The van der Waals surface area contributed by atoms with Gasteiger partial charge in [0.25, 0.3) is 0 Å². The third kappa shape index (κ3) is 3.27. The van der Waals surface area contributed by atoms with Crippen LogP contribution in [0.3, 0.4) is 0 Å². The fourth-order valence-corrected chi connectivity index (χ4v) is 2.67. The normalized spacial score (nSPS) is 10.2. The molecule has 2 N–H and O–H groups in total. The van der Waals surface area contributed by atoms with Gasteiger partial charge in [0.1, 0.15) is 17.2 Å². The zero-order valence-corrected chi connectivity index (χ0v) is 12.6. The molecule has 1 aromatic heterocycles. The second kappa shape index (κ2) is 6.08. The minimum Gasteiger partial charge on any atom is -0.496 e. The first kappa shape index (κ1) is 13.9. The molecule has 19 heavy (non-hydrogen) atoms. The van der Waals surface area contributed by atoms with Gasteiger partial charge in [0.2, 0.25) is 0 Å². The maximum absolute atomic E-state index is 11.8. The van der Waals surface area contributed by atoms with Gasteiger partial charge in [-0.05, 0) is 29.6 Å². The van der Waals surface area contributed by atoms with Gasteiger partial charge in [0, 0.05) is 10.0 Å². The Balaban J connectivity index is 2.09. The topological polar surface area (TPSA) is 61.5 Å². The highest BCUT2D eigenvalue weighted by atomic mass is 79.9. The van der Waals surface area contributed by atoms with Crippen molar-refractivity contribution in [1.82, 2.24) is 0 Å². The number of halogens is 1. The van der Waals surface area contributed by atoms with E-state index in [2.05, 4.69) is 15.9 Å². The average Bonchev–Trinajstić information content (AvgIpc) is 2.82. The van der Waals surface area contributed by atoms with Crippen molar-refractivity contribution in [1.29, 1.82) is 0 Å². The van der Waals surface area contributed by atoms with Gasteiger partial charge in [-0.25, -0.2) is 4.79 Å². The zero-order valence-electron chi connectivity index (χ0n) is 10.2. The van der Waals surface area contributed by atoms with E-state index in [9.17, 15) is 4.79 Å². The number of ether oxygens (including phenoxy) is 2. The molecule has 100 valence electrons. The third-order valence-corrected chi connectivity index (χ3v) is 3.89. The fourth-order valence-electron chi connectivity index (χ4n) is 1.55. The third-order valence-electron chi connectivity index (χ3n) is 2.48. The highest BCUT2D eigenvalue weighted by Gasteiger charge is 2.14. The Kier molecular flexibility index (Phi) is 4.44. The minimum absolute atomic E-state index is 0.138. The molecule has 6 heteroatoms. The van der Waals surface area contributed by atoms with Gasteiger partial charge in [0.15, 0.2) is 0 Å². The highest BCUT2D eigenvalue weighted by Crippen LogP contribution is 2.25. The van der Waals surface area contributed by atoms with Crippen LogP contribution in [0.25, 0.3) is 0 Å². The van der Waals surface area contributed by atoms with Crippen LogP contribution in [-0.2, 0) is 11.3 Å². The molecule has 0 saturated heterocycles. The maximum Gasteiger partial charge on any atom is 0.350 e. The molecule has 0 spiro atoms. The van der Waals surface area contributed by atoms with Crippen molar-refractivity contribution in [3.63, 3.8) is 0 Å². The van der Waals surface area contributed by atoms with Crippen LogP contribution < -0.4 is 10.5 Å². The molecule has 2 aromatic rings. The molecule has 0 amide bonds. The van der Waals surface area contributed by atoms with Crippen LogP contribution >= 0.6 is 27.3 Å². The molecule has 0 aliphatic carbocycles. The summed E-state index contributed by atoms with van der Waals surface area (Å²) < 4.78 is 11.4. The van der Waals surface area contributed by atoms with Crippen LogP contribution in [-0.4, -0.2) is 13.1 Å². The molecule has 1 heterocycles. The highest BCUT2D eigenvalue weighted by molar-refractivity contribution is 9.10. The SMILES string of the molecule is COc1ccc(Br)cc1COC(=O)c1sccc1N. The smallest absolute Gasteiger partial charge is 0.350 e. The predicted octanol–water partition coefficient (Wildman–Crippen LogP) is 3.46. The Bertz CT molecular complexity index is 597. The first-order chi connectivity index (χ1) is 9.11. The summed E-state index contributed by atoms with van der Waals surface area (Å²) in [6, 6.07) is 7.21. The summed E-state index contributed by atoms with van der Waals surface area (Å²) in [5.74, 6) is 0.254. The lowest BCUT2D eigenvalue weighted by Gasteiger charge is -2.09. The molecule has 0 aliphatic heterocycles. The molecule has 0 bridgehead atoms. The monoisotopic (exact) mass is 341 g/mol. The molecule has 0 saturated carbocycles. The number of esters is 1. The van der Waals surface area contributed by atoms with E-state index in [4.69, 9.17) is 15.2 Å². The lowest BCUT2D eigenvalue weighted by molar-refractivity contribution is 0.0477. The molecule has 1 aromatic carbocycles. The first-order valence-electron chi connectivity index (χ1n) is 5.44. The van der Waals surface area contributed by atoms with Gasteiger partial charge in [-0.1, -0.05) is 15.9 Å². The van der Waals surface area contributed by atoms with Crippen LogP contribution in [0, 0.1) is 0 Å². The number of hydrogen-bond donors (Lipinski definition) is 1. The number of hydrogen-bond acceptors (Lipinski definition) is 5. The van der Waals surface area contributed by atoms with Crippen molar-refractivity contribution < 1.29 is 14.3 Å². The predicted molar refractivity (Wildman–Crippen MR) is 78.5 cm³/mol. The lowest BCUT2D eigenvalue weighted by Crippen LogP contribution is -2.06. The number of carbonyl (C=O) groups excluding carboxylic acids is 1. The quantitative estimate of drug-likeness (QED) is 0.865. The molecular weight excluding hydrogens is 330 g/mol. The van der Waals surface area contributed by atoms with E-state index in [1.165, 1.54) is 11.3 Å². The Morgan fingerprint density at radius 3 is 2.84 bits per heavy atom. The number of carbonyl (C=O) groups is 1. The van der Waals surface area contributed by atoms with Gasteiger partial charge in [-0.2, -0.15) is 0 Å². The van der Waals surface area contributed by atoms with Crippen molar-refractivity contribution in [2.75, 3.05) is 12.8 Å². The van der Waals surface area contributed by atoms with Crippen molar-refractivity contribution in [2.45, 2.75) is 6.61 Å². The second-order valence-corrected chi connectivity index (χ2v) is 5.57. The maximum atomic E-state index is 11.8. The summed E-state index contributed by atoms with van der Waals surface area (Å²) in [4.78, 5) is 12.3. The summed E-state index contributed by atoms with van der Waals surface area (Å²) in [7, 11) is 1.58. The minimum atomic E-state index is -0.422. The lowest BCUT2D eigenvalue weighted by atomic mass is 10.2. The van der Waals surface area contributed by atoms with Crippen LogP contribution in [0.1, 0.15) is 15.2 Å². The van der Waals surface area contributed by atoms with Crippen LogP contribution in [0.4, 0.5) is 5.69 Å². The van der Waals surface area contributed by atoms with E-state index in [0.29, 0.717) is 16.3 Å². The van der Waals surface area contributed by atoms with E-state index in [0.717, 1.165) is 10.0 Å². The number of rotatable bonds is 4. The van der Waals surface area contributed by atoms with Crippen molar-refractivity contribution in [3.8, 4) is 5.75 Å². The number of nitrogen functional groups attached to an aromatic ring is 1. The number of thiophene rings is 1. The van der Waals surface area contributed by atoms with Gasteiger partial charge in [-0.3, -0.25) is 0 Å². The van der Waals surface area contributed by atoms with Gasteiger partial charge in [-0.15, -0.1) is 11.3 Å². The van der Waals surface area contributed by atoms with E-state index in [1.807, 2.05) is 18.2 Å². The summed E-state index contributed by atoms with van der Waals surface area (Å²) in [6.45, 7) is 0.138. The molecule has 0 atom stereocenters. The average molecular weight is 342 g/mol. The van der Waals surface area contributed by atoms with Gasteiger partial charge < -0.3 is 15.2 Å². The molecule has 0 radical (unpaired) electrons. The summed E-state index contributed by atoms with van der Waals surface area (Å²) >= 11 is 4.63. The number of benzene rings is 1. The largest absolute Gasteiger partial charge is 0.496 e. The van der Waals surface area contributed by atoms with Crippen LogP contribution in [0.2, 0.25) is 0 Å². The van der Waals surface area contributed by atoms with Crippen LogP contribution in [0.15, 0.2) is 34.1 Å². The van der Waals surface area contributed by atoms with E-state index in [-0.39, 0.29) is 6.61 Å². The zero-order chi connectivity index (χ0) is 13.8. The Morgan fingerprint density at radius 2 is 2.21 bits per heavy atom. The summed E-state index contributed by atoms with van der Waals surface area (Å²) in [5, 5.41) is 1.76. The van der Waals surface area contributed by atoms with E-state index < -0.39 is 5.97 Å². The number of methoxy groups -OCH3 is 1. The summed E-state index contributed by atoms with van der Waals surface area (Å²) in [5.41, 5.74) is 6.90. The second-order valence-electron chi connectivity index (χ2n) is 3.74. The molecule has 0 aliphatic rings. The molecule has 2 rings (SSSR count).